The largest absolute Gasteiger partial charge is 0.465 e. The molecule has 0 aliphatic carbocycles. The van der Waals surface area contributed by atoms with E-state index in [1.54, 1.807) is 12.1 Å². The maximum absolute atomic E-state index is 11.9. The lowest BCUT2D eigenvalue weighted by Gasteiger charge is -2.05. The van der Waals surface area contributed by atoms with Crippen LogP contribution in [0.5, 0.6) is 0 Å². The average Bonchev–Trinajstić information content (AvgIpc) is 2.34. The number of carbonyl (C=O) groups is 1. The van der Waals surface area contributed by atoms with Crippen molar-refractivity contribution in [2.75, 3.05) is 7.11 Å². The SMILES string of the molecule is COC(=O)c1cccc2[nH]c(=O)n(C)c(=O)c12. The number of rotatable bonds is 1. The third-order valence-corrected chi connectivity index (χ3v) is 2.53. The van der Waals surface area contributed by atoms with Gasteiger partial charge in [-0.05, 0) is 12.1 Å². The summed E-state index contributed by atoms with van der Waals surface area (Å²) in [6, 6.07) is 4.61. The summed E-state index contributed by atoms with van der Waals surface area (Å²) < 4.78 is 5.50. The molecule has 0 bridgehead atoms. The monoisotopic (exact) mass is 234 g/mol. The summed E-state index contributed by atoms with van der Waals surface area (Å²) in [6.45, 7) is 0. The number of hydrogen-bond acceptors (Lipinski definition) is 4. The lowest BCUT2D eigenvalue weighted by molar-refractivity contribution is 0.0603. The van der Waals surface area contributed by atoms with Gasteiger partial charge in [-0.25, -0.2) is 9.59 Å². The van der Waals surface area contributed by atoms with E-state index in [-0.39, 0.29) is 10.9 Å². The molecule has 0 aliphatic rings. The summed E-state index contributed by atoms with van der Waals surface area (Å²) in [7, 11) is 2.58. The molecule has 6 nitrogen and oxygen atoms in total. The van der Waals surface area contributed by atoms with E-state index in [0.717, 1.165) is 4.57 Å². The molecule has 17 heavy (non-hydrogen) atoms. The second-order valence-electron chi connectivity index (χ2n) is 3.51. The third-order valence-electron chi connectivity index (χ3n) is 2.53. The first kappa shape index (κ1) is 11.1. The van der Waals surface area contributed by atoms with Crippen LogP contribution < -0.4 is 11.2 Å². The summed E-state index contributed by atoms with van der Waals surface area (Å²) in [6.07, 6.45) is 0. The summed E-state index contributed by atoms with van der Waals surface area (Å²) in [4.78, 5) is 37.4. The van der Waals surface area contributed by atoms with Gasteiger partial charge >= 0.3 is 11.7 Å². The van der Waals surface area contributed by atoms with Gasteiger partial charge in [0.2, 0.25) is 0 Å². The Hall–Kier alpha value is -2.37. The van der Waals surface area contributed by atoms with Crippen LogP contribution >= 0.6 is 0 Å². The highest BCUT2D eigenvalue weighted by molar-refractivity contribution is 6.02. The number of benzene rings is 1. The van der Waals surface area contributed by atoms with Gasteiger partial charge in [0.15, 0.2) is 0 Å². The molecular formula is C11H10N2O4. The summed E-state index contributed by atoms with van der Waals surface area (Å²) in [5.41, 5.74) is -0.586. The lowest BCUT2D eigenvalue weighted by atomic mass is 10.1. The Labute approximate surface area is 95.5 Å². The van der Waals surface area contributed by atoms with Crippen molar-refractivity contribution in [3.63, 3.8) is 0 Å². The van der Waals surface area contributed by atoms with Crippen LogP contribution in [-0.4, -0.2) is 22.6 Å². The molecule has 0 saturated heterocycles. The molecule has 0 amide bonds. The zero-order chi connectivity index (χ0) is 12.6. The number of nitrogens with zero attached hydrogens (tertiary/aromatic N) is 1. The second kappa shape index (κ2) is 3.89. The molecule has 0 spiro atoms. The highest BCUT2D eigenvalue weighted by atomic mass is 16.5. The summed E-state index contributed by atoms with van der Waals surface area (Å²) in [5.74, 6) is -0.611. The zero-order valence-corrected chi connectivity index (χ0v) is 9.31. The normalized spacial score (nSPS) is 10.5. The molecule has 6 heteroatoms. The number of aromatic amines is 1. The fourth-order valence-corrected chi connectivity index (χ4v) is 1.63. The summed E-state index contributed by atoms with van der Waals surface area (Å²) >= 11 is 0. The highest BCUT2D eigenvalue weighted by Crippen LogP contribution is 2.12. The number of nitrogens with one attached hydrogen (secondary N) is 1. The maximum atomic E-state index is 11.9. The van der Waals surface area contributed by atoms with E-state index in [1.807, 2.05) is 0 Å². The van der Waals surface area contributed by atoms with E-state index >= 15 is 0 Å². The van der Waals surface area contributed by atoms with Gasteiger partial charge in [-0.1, -0.05) is 6.07 Å². The van der Waals surface area contributed by atoms with Gasteiger partial charge in [-0.3, -0.25) is 9.36 Å². The molecule has 0 radical (unpaired) electrons. The minimum atomic E-state index is -0.611. The molecule has 0 aliphatic heterocycles. The predicted octanol–water partition coefficient (Wildman–Crippen LogP) is 0.0134. The van der Waals surface area contributed by atoms with Gasteiger partial charge in [-0.15, -0.1) is 0 Å². The first-order valence-electron chi connectivity index (χ1n) is 4.86. The Bertz CT molecular complexity index is 711. The zero-order valence-electron chi connectivity index (χ0n) is 9.31. The van der Waals surface area contributed by atoms with Crippen molar-refractivity contribution >= 4 is 16.9 Å². The van der Waals surface area contributed by atoms with Crippen LogP contribution in [0.1, 0.15) is 10.4 Å². The van der Waals surface area contributed by atoms with Gasteiger partial charge in [0.05, 0.1) is 23.6 Å². The number of hydrogen-bond donors (Lipinski definition) is 1. The van der Waals surface area contributed by atoms with Crippen LogP contribution in [0.25, 0.3) is 10.9 Å². The molecule has 2 rings (SSSR count). The quantitative estimate of drug-likeness (QED) is 0.705. The van der Waals surface area contributed by atoms with Gasteiger partial charge in [0.1, 0.15) is 0 Å². The van der Waals surface area contributed by atoms with Gasteiger partial charge in [0.25, 0.3) is 5.56 Å². The lowest BCUT2D eigenvalue weighted by Crippen LogP contribution is -2.33. The van der Waals surface area contributed by atoms with Crippen molar-refractivity contribution in [1.29, 1.82) is 0 Å². The number of fused-ring (bicyclic) bond motifs is 1. The predicted molar refractivity (Wildman–Crippen MR) is 61.1 cm³/mol. The van der Waals surface area contributed by atoms with Crippen molar-refractivity contribution < 1.29 is 9.53 Å². The van der Waals surface area contributed by atoms with Gasteiger partial charge in [-0.2, -0.15) is 0 Å². The Balaban J connectivity index is 2.99. The Morgan fingerprint density at radius 1 is 1.35 bits per heavy atom. The number of ether oxygens (including phenoxy) is 1. The molecule has 1 aromatic heterocycles. The molecule has 1 aromatic carbocycles. The number of H-pyrrole nitrogens is 1. The van der Waals surface area contributed by atoms with Crippen LogP contribution in [0.2, 0.25) is 0 Å². The Kier molecular flexibility index (Phi) is 2.55. The molecule has 0 atom stereocenters. The minimum Gasteiger partial charge on any atom is -0.465 e. The van der Waals surface area contributed by atoms with Crippen LogP contribution in [-0.2, 0) is 11.8 Å². The van der Waals surface area contributed by atoms with Crippen molar-refractivity contribution in [3.8, 4) is 0 Å². The van der Waals surface area contributed by atoms with E-state index in [0.29, 0.717) is 5.52 Å². The van der Waals surface area contributed by atoms with Crippen molar-refractivity contribution in [1.82, 2.24) is 9.55 Å². The van der Waals surface area contributed by atoms with Gasteiger partial charge < -0.3 is 9.72 Å². The molecule has 0 unspecified atom stereocenters. The first-order valence-corrected chi connectivity index (χ1v) is 4.86. The third kappa shape index (κ3) is 1.63. The Morgan fingerprint density at radius 3 is 2.71 bits per heavy atom. The molecule has 2 aromatic rings. The van der Waals surface area contributed by atoms with E-state index in [1.165, 1.54) is 20.2 Å². The Morgan fingerprint density at radius 2 is 2.06 bits per heavy atom. The molecular weight excluding hydrogens is 224 g/mol. The van der Waals surface area contributed by atoms with E-state index in [9.17, 15) is 14.4 Å². The van der Waals surface area contributed by atoms with Crippen molar-refractivity contribution in [3.05, 3.63) is 44.6 Å². The average molecular weight is 234 g/mol. The molecule has 1 heterocycles. The fraction of sp³-hybridized carbons (Fsp3) is 0.182. The fourth-order valence-electron chi connectivity index (χ4n) is 1.63. The number of carbonyl (C=O) groups excluding carboxylic acids is 1. The van der Waals surface area contributed by atoms with Gasteiger partial charge in [0, 0.05) is 7.05 Å². The van der Waals surface area contributed by atoms with E-state index < -0.39 is 17.2 Å². The van der Waals surface area contributed by atoms with E-state index in [2.05, 4.69) is 9.72 Å². The maximum Gasteiger partial charge on any atom is 0.338 e. The molecule has 1 N–H and O–H groups in total. The summed E-state index contributed by atoms with van der Waals surface area (Å²) in [5, 5.41) is 0.154. The standard InChI is InChI=1S/C11H10N2O4/c1-13-9(14)8-6(10(15)17-2)4-3-5-7(8)12-11(13)16/h3-5H,1-2H3,(H,12,16). The highest BCUT2D eigenvalue weighted by Gasteiger charge is 2.14. The van der Waals surface area contributed by atoms with Crippen LogP contribution in [0, 0.1) is 0 Å². The topological polar surface area (TPSA) is 81.2 Å². The molecule has 0 fully saturated rings. The number of aromatic nitrogens is 2. The van der Waals surface area contributed by atoms with Crippen molar-refractivity contribution in [2.24, 2.45) is 7.05 Å². The molecule has 0 saturated carbocycles. The number of methoxy groups -OCH3 is 1. The van der Waals surface area contributed by atoms with Crippen molar-refractivity contribution in [2.45, 2.75) is 0 Å². The van der Waals surface area contributed by atoms with Crippen LogP contribution in [0.15, 0.2) is 27.8 Å². The first-order chi connectivity index (χ1) is 8.06. The van der Waals surface area contributed by atoms with Crippen LogP contribution in [0.3, 0.4) is 0 Å². The van der Waals surface area contributed by atoms with Crippen LogP contribution in [0.4, 0.5) is 0 Å². The second-order valence-corrected chi connectivity index (χ2v) is 3.51. The van der Waals surface area contributed by atoms with E-state index in [4.69, 9.17) is 0 Å². The minimum absolute atomic E-state index is 0.141. The number of esters is 1. The molecule has 88 valence electrons. The smallest absolute Gasteiger partial charge is 0.338 e.